The zero-order chi connectivity index (χ0) is 18.6. The van der Waals surface area contributed by atoms with Gasteiger partial charge in [0.2, 0.25) is 11.8 Å². The number of hydrogen-bond donors (Lipinski definition) is 1. The zero-order valence-electron chi connectivity index (χ0n) is 15.3. The quantitative estimate of drug-likeness (QED) is 0.829. The highest BCUT2D eigenvalue weighted by molar-refractivity contribution is 7.14. The number of hydrogen-bond acceptors (Lipinski definition) is 5. The van der Waals surface area contributed by atoms with Crippen molar-refractivity contribution in [1.29, 1.82) is 0 Å². The Labute approximate surface area is 163 Å². The number of carbonyl (C=O) groups is 2. The molecule has 3 heterocycles. The molecular weight excluding hydrogens is 360 g/mol. The first kappa shape index (κ1) is 18.1. The Morgan fingerprint density at radius 2 is 2.11 bits per heavy atom. The van der Waals surface area contributed by atoms with Crippen LogP contribution in [-0.2, 0) is 22.6 Å². The van der Waals surface area contributed by atoms with Crippen molar-refractivity contribution in [2.75, 3.05) is 24.5 Å². The molecule has 7 heteroatoms. The molecule has 142 valence electrons. The fraction of sp³-hybridized carbons (Fsp3) is 0.450. The van der Waals surface area contributed by atoms with E-state index in [9.17, 15) is 9.59 Å². The number of benzene rings is 1. The summed E-state index contributed by atoms with van der Waals surface area (Å²) in [5, 5.41) is 5.74. The summed E-state index contributed by atoms with van der Waals surface area (Å²) in [6.07, 6.45) is 2.73. The summed E-state index contributed by atoms with van der Waals surface area (Å²) in [4.78, 5) is 32.8. The Kier molecular flexibility index (Phi) is 5.50. The van der Waals surface area contributed by atoms with Crippen LogP contribution in [0.15, 0.2) is 35.7 Å². The second-order valence-electron chi connectivity index (χ2n) is 7.22. The summed E-state index contributed by atoms with van der Waals surface area (Å²) >= 11 is 1.44. The van der Waals surface area contributed by atoms with Gasteiger partial charge in [0.1, 0.15) is 0 Å². The van der Waals surface area contributed by atoms with Crippen LogP contribution in [-0.4, -0.2) is 47.4 Å². The molecule has 1 atom stereocenters. The van der Waals surface area contributed by atoms with Gasteiger partial charge in [-0.05, 0) is 18.4 Å². The number of thiazole rings is 1. The molecule has 2 aliphatic rings. The van der Waals surface area contributed by atoms with Crippen molar-refractivity contribution in [1.82, 2.24) is 15.2 Å². The molecule has 1 N–H and O–H groups in total. The first-order valence-electron chi connectivity index (χ1n) is 9.48. The second-order valence-corrected chi connectivity index (χ2v) is 8.06. The molecule has 2 fully saturated rings. The van der Waals surface area contributed by atoms with Gasteiger partial charge in [0, 0.05) is 44.0 Å². The van der Waals surface area contributed by atoms with E-state index in [4.69, 9.17) is 0 Å². The predicted octanol–water partition coefficient (Wildman–Crippen LogP) is 2.20. The Hall–Kier alpha value is -2.25. The van der Waals surface area contributed by atoms with E-state index < -0.39 is 0 Å². The molecular formula is C20H24N4O2S. The van der Waals surface area contributed by atoms with Crippen LogP contribution in [0.25, 0.3) is 0 Å². The zero-order valence-corrected chi connectivity index (χ0v) is 16.1. The molecule has 1 unspecified atom stereocenters. The highest BCUT2D eigenvalue weighted by atomic mass is 32.1. The molecule has 2 amide bonds. The summed E-state index contributed by atoms with van der Waals surface area (Å²) in [6, 6.07) is 10.6. The molecule has 4 rings (SSSR count). The van der Waals surface area contributed by atoms with Crippen LogP contribution in [0.3, 0.4) is 0 Å². The maximum absolute atomic E-state index is 12.4. The second kappa shape index (κ2) is 8.19. The molecule has 0 saturated carbocycles. The van der Waals surface area contributed by atoms with Gasteiger partial charge in [-0.25, -0.2) is 4.98 Å². The standard InChI is InChI=1S/C20H24N4O2S/c25-18(11-17-14-27-20(22-17)24-9-4-7-19(24)26)21-16-8-10-23(13-16)12-15-5-2-1-3-6-15/h1-3,5-6,14,16H,4,7-13H2,(H,21,25). The number of rotatable bonds is 6. The van der Waals surface area contributed by atoms with Crippen molar-refractivity contribution in [3.05, 3.63) is 47.0 Å². The van der Waals surface area contributed by atoms with Crippen LogP contribution >= 0.6 is 11.3 Å². The van der Waals surface area contributed by atoms with Gasteiger partial charge >= 0.3 is 0 Å². The number of amides is 2. The third-order valence-electron chi connectivity index (χ3n) is 5.07. The molecule has 0 spiro atoms. The number of anilines is 1. The summed E-state index contributed by atoms with van der Waals surface area (Å²) in [7, 11) is 0. The summed E-state index contributed by atoms with van der Waals surface area (Å²) in [6.45, 7) is 3.53. The lowest BCUT2D eigenvalue weighted by Crippen LogP contribution is -2.37. The monoisotopic (exact) mass is 384 g/mol. The maximum Gasteiger partial charge on any atom is 0.228 e. The van der Waals surface area contributed by atoms with Gasteiger partial charge < -0.3 is 5.32 Å². The highest BCUT2D eigenvalue weighted by Crippen LogP contribution is 2.25. The van der Waals surface area contributed by atoms with Crippen molar-refractivity contribution in [2.24, 2.45) is 0 Å². The van der Waals surface area contributed by atoms with Crippen LogP contribution in [0.1, 0.15) is 30.5 Å². The SMILES string of the molecule is O=C(Cc1csc(N2CCCC2=O)n1)NC1CCN(Cc2ccccc2)C1. The molecule has 1 aromatic carbocycles. The molecule has 2 aromatic rings. The summed E-state index contributed by atoms with van der Waals surface area (Å²) < 4.78 is 0. The van der Waals surface area contributed by atoms with Crippen LogP contribution < -0.4 is 10.2 Å². The molecule has 2 saturated heterocycles. The normalized spacial score (nSPS) is 20.4. The van der Waals surface area contributed by atoms with Crippen molar-refractivity contribution in [3.63, 3.8) is 0 Å². The Bertz CT molecular complexity index is 807. The minimum atomic E-state index is 0.00570. The predicted molar refractivity (Wildman–Crippen MR) is 106 cm³/mol. The van der Waals surface area contributed by atoms with Crippen molar-refractivity contribution in [3.8, 4) is 0 Å². The Morgan fingerprint density at radius 1 is 1.26 bits per heavy atom. The van der Waals surface area contributed by atoms with Crippen LogP contribution in [0, 0.1) is 0 Å². The minimum Gasteiger partial charge on any atom is -0.352 e. The maximum atomic E-state index is 12.4. The average molecular weight is 385 g/mol. The molecule has 0 radical (unpaired) electrons. The fourth-order valence-corrected chi connectivity index (χ4v) is 4.60. The van der Waals surface area contributed by atoms with Gasteiger partial charge in [0.15, 0.2) is 5.13 Å². The molecule has 0 aliphatic carbocycles. The topological polar surface area (TPSA) is 65.5 Å². The number of nitrogens with zero attached hydrogens (tertiary/aromatic N) is 3. The van der Waals surface area contributed by atoms with Crippen LogP contribution in [0.2, 0.25) is 0 Å². The lowest BCUT2D eigenvalue weighted by Gasteiger charge is -2.16. The van der Waals surface area contributed by atoms with E-state index in [-0.39, 0.29) is 24.3 Å². The minimum absolute atomic E-state index is 0.00570. The lowest BCUT2D eigenvalue weighted by atomic mass is 10.2. The third-order valence-corrected chi connectivity index (χ3v) is 5.98. The largest absolute Gasteiger partial charge is 0.352 e. The van der Waals surface area contributed by atoms with Gasteiger partial charge in [-0.2, -0.15) is 0 Å². The molecule has 6 nitrogen and oxygen atoms in total. The van der Waals surface area contributed by atoms with E-state index >= 15 is 0 Å². The number of aromatic nitrogens is 1. The molecule has 27 heavy (non-hydrogen) atoms. The first-order valence-corrected chi connectivity index (χ1v) is 10.4. The number of nitrogens with one attached hydrogen (secondary N) is 1. The van der Waals surface area contributed by atoms with Crippen molar-refractivity contribution in [2.45, 2.75) is 38.3 Å². The molecule has 0 bridgehead atoms. The van der Waals surface area contributed by atoms with Crippen molar-refractivity contribution >= 4 is 28.3 Å². The third kappa shape index (κ3) is 4.54. The van der Waals surface area contributed by atoms with Gasteiger partial charge in [-0.1, -0.05) is 30.3 Å². The van der Waals surface area contributed by atoms with Crippen LogP contribution in [0.5, 0.6) is 0 Å². The number of carbonyl (C=O) groups excluding carboxylic acids is 2. The van der Waals surface area contributed by atoms with E-state index in [0.717, 1.165) is 49.8 Å². The summed E-state index contributed by atoms with van der Waals surface area (Å²) in [5.74, 6) is 0.135. The van der Waals surface area contributed by atoms with Gasteiger partial charge in [0.05, 0.1) is 12.1 Å². The van der Waals surface area contributed by atoms with E-state index in [1.54, 1.807) is 4.90 Å². The van der Waals surface area contributed by atoms with E-state index in [1.807, 2.05) is 11.4 Å². The molecule has 1 aromatic heterocycles. The molecule has 2 aliphatic heterocycles. The lowest BCUT2D eigenvalue weighted by molar-refractivity contribution is -0.121. The smallest absolute Gasteiger partial charge is 0.228 e. The van der Waals surface area contributed by atoms with Gasteiger partial charge in [-0.3, -0.25) is 19.4 Å². The number of likely N-dealkylation sites (tertiary alicyclic amines) is 1. The average Bonchev–Trinajstić information content (AvgIpc) is 3.38. The first-order chi connectivity index (χ1) is 13.2. The Balaban J connectivity index is 1.25. The van der Waals surface area contributed by atoms with Crippen LogP contribution in [0.4, 0.5) is 5.13 Å². The van der Waals surface area contributed by atoms with E-state index in [0.29, 0.717) is 6.42 Å². The van der Waals surface area contributed by atoms with Gasteiger partial charge in [-0.15, -0.1) is 11.3 Å². The van der Waals surface area contributed by atoms with E-state index in [2.05, 4.69) is 39.5 Å². The Morgan fingerprint density at radius 3 is 2.89 bits per heavy atom. The summed E-state index contributed by atoms with van der Waals surface area (Å²) in [5.41, 5.74) is 2.04. The van der Waals surface area contributed by atoms with E-state index in [1.165, 1.54) is 16.9 Å². The van der Waals surface area contributed by atoms with Crippen molar-refractivity contribution < 1.29 is 9.59 Å². The highest BCUT2D eigenvalue weighted by Gasteiger charge is 2.26. The van der Waals surface area contributed by atoms with Gasteiger partial charge in [0.25, 0.3) is 0 Å². The fourth-order valence-electron chi connectivity index (χ4n) is 3.73.